The van der Waals surface area contributed by atoms with E-state index in [1.54, 1.807) is 0 Å². The van der Waals surface area contributed by atoms with Crippen molar-refractivity contribution in [3.05, 3.63) is 0 Å². The smallest absolute Gasteiger partial charge is 0.223 e. The highest BCUT2D eigenvalue weighted by atomic mass is 16.2. The van der Waals surface area contributed by atoms with Crippen molar-refractivity contribution in [3.63, 3.8) is 0 Å². The Balaban J connectivity index is 2.25. The van der Waals surface area contributed by atoms with Crippen molar-refractivity contribution in [1.82, 2.24) is 10.6 Å². The molecule has 122 valence electrons. The molecule has 2 amide bonds. The Labute approximate surface area is 128 Å². The Bertz CT molecular complexity index is 348. The number of carbonyl (C=O) groups excluding carboxylic acids is 2. The molecule has 5 nitrogen and oxygen atoms in total. The zero-order valence-corrected chi connectivity index (χ0v) is 13.7. The molecular formula is C16H31N3O2. The second-order valence-electron chi connectivity index (χ2n) is 7.15. The van der Waals surface area contributed by atoms with E-state index in [0.29, 0.717) is 25.4 Å². The third kappa shape index (κ3) is 7.46. The van der Waals surface area contributed by atoms with Gasteiger partial charge in [-0.2, -0.15) is 0 Å². The summed E-state index contributed by atoms with van der Waals surface area (Å²) in [5.41, 5.74) is 5.38. The van der Waals surface area contributed by atoms with E-state index in [4.69, 9.17) is 5.73 Å². The minimum Gasteiger partial charge on any atom is -0.355 e. The Morgan fingerprint density at radius 1 is 1.24 bits per heavy atom. The lowest BCUT2D eigenvalue weighted by molar-refractivity contribution is -0.126. The molecule has 21 heavy (non-hydrogen) atoms. The zero-order valence-electron chi connectivity index (χ0n) is 13.7. The van der Waals surface area contributed by atoms with Crippen LogP contribution in [-0.4, -0.2) is 30.4 Å². The van der Waals surface area contributed by atoms with Gasteiger partial charge in [0.2, 0.25) is 11.8 Å². The van der Waals surface area contributed by atoms with Crippen molar-refractivity contribution >= 4 is 11.8 Å². The number of hydrogen-bond donors (Lipinski definition) is 3. The summed E-state index contributed by atoms with van der Waals surface area (Å²) in [5, 5.41) is 5.79. The molecule has 1 aliphatic rings. The third-order valence-electron chi connectivity index (χ3n) is 3.89. The highest BCUT2D eigenvalue weighted by Gasteiger charge is 2.26. The first-order valence-electron chi connectivity index (χ1n) is 8.10. The second-order valence-corrected chi connectivity index (χ2v) is 7.15. The van der Waals surface area contributed by atoms with Crippen molar-refractivity contribution in [2.24, 2.45) is 17.6 Å². The topological polar surface area (TPSA) is 84.2 Å². The van der Waals surface area contributed by atoms with Gasteiger partial charge in [-0.3, -0.25) is 9.59 Å². The van der Waals surface area contributed by atoms with Crippen LogP contribution in [0.2, 0.25) is 0 Å². The van der Waals surface area contributed by atoms with Crippen molar-refractivity contribution in [3.8, 4) is 0 Å². The first-order chi connectivity index (χ1) is 9.81. The van der Waals surface area contributed by atoms with Gasteiger partial charge in [0.05, 0.1) is 0 Å². The maximum atomic E-state index is 12.1. The van der Waals surface area contributed by atoms with E-state index < -0.39 is 0 Å². The van der Waals surface area contributed by atoms with Crippen LogP contribution in [0.4, 0.5) is 0 Å². The Morgan fingerprint density at radius 2 is 1.95 bits per heavy atom. The van der Waals surface area contributed by atoms with Crippen molar-refractivity contribution in [2.45, 2.75) is 64.8 Å². The average Bonchev–Trinajstić information content (AvgIpc) is 2.37. The van der Waals surface area contributed by atoms with Gasteiger partial charge >= 0.3 is 0 Å². The zero-order chi connectivity index (χ0) is 15.9. The molecule has 0 radical (unpaired) electrons. The van der Waals surface area contributed by atoms with E-state index >= 15 is 0 Å². The molecule has 0 aromatic rings. The second kappa shape index (κ2) is 8.37. The molecule has 0 spiro atoms. The molecule has 1 saturated carbocycles. The van der Waals surface area contributed by atoms with E-state index in [1.165, 1.54) is 6.42 Å². The molecule has 5 heteroatoms. The summed E-state index contributed by atoms with van der Waals surface area (Å²) in [4.78, 5) is 23.8. The summed E-state index contributed by atoms with van der Waals surface area (Å²) in [6.07, 6.45) is 5.54. The standard InChI is InChI=1S/C16H31N3O2/c1-16(2,3)19-14(20)8-10-18-15(21)13-6-4-5-12(11-13)7-9-17/h12-13H,4-11,17H2,1-3H3,(H,18,21)(H,19,20). The van der Waals surface area contributed by atoms with Crippen molar-refractivity contribution in [1.29, 1.82) is 0 Å². The molecule has 0 aromatic carbocycles. The first kappa shape index (κ1) is 18.0. The summed E-state index contributed by atoms with van der Waals surface area (Å²) in [7, 11) is 0. The van der Waals surface area contributed by atoms with E-state index in [9.17, 15) is 9.59 Å². The molecule has 0 aliphatic heterocycles. The Morgan fingerprint density at radius 3 is 2.57 bits per heavy atom. The van der Waals surface area contributed by atoms with E-state index in [2.05, 4.69) is 10.6 Å². The van der Waals surface area contributed by atoms with Gasteiger partial charge in [-0.1, -0.05) is 12.8 Å². The number of rotatable bonds is 6. The number of amides is 2. The van der Waals surface area contributed by atoms with Crippen LogP contribution < -0.4 is 16.4 Å². The normalized spacial score (nSPS) is 22.7. The Kier molecular flexibility index (Phi) is 7.15. The summed E-state index contributed by atoms with van der Waals surface area (Å²) in [6, 6.07) is 0. The SMILES string of the molecule is CC(C)(C)NC(=O)CCNC(=O)C1CCCC(CCN)C1. The quantitative estimate of drug-likeness (QED) is 0.695. The third-order valence-corrected chi connectivity index (χ3v) is 3.89. The summed E-state index contributed by atoms with van der Waals surface area (Å²) >= 11 is 0. The van der Waals surface area contributed by atoms with Crippen LogP contribution in [0.15, 0.2) is 0 Å². The van der Waals surface area contributed by atoms with Crippen LogP contribution in [0.25, 0.3) is 0 Å². The molecule has 0 heterocycles. The predicted molar refractivity (Wildman–Crippen MR) is 84.6 cm³/mol. The minimum atomic E-state index is -0.222. The lowest BCUT2D eigenvalue weighted by Crippen LogP contribution is -2.42. The molecule has 0 aromatic heterocycles. The highest BCUT2D eigenvalue weighted by Crippen LogP contribution is 2.30. The van der Waals surface area contributed by atoms with Gasteiger partial charge in [0.25, 0.3) is 0 Å². The van der Waals surface area contributed by atoms with Crippen LogP contribution >= 0.6 is 0 Å². The lowest BCUT2D eigenvalue weighted by atomic mass is 9.79. The summed E-state index contributed by atoms with van der Waals surface area (Å²) in [6.45, 7) is 6.96. The van der Waals surface area contributed by atoms with Crippen molar-refractivity contribution in [2.75, 3.05) is 13.1 Å². The highest BCUT2D eigenvalue weighted by molar-refractivity contribution is 5.80. The Hall–Kier alpha value is -1.10. The molecule has 2 atom stereocenters. The van der Waals surface area contributed by atoms with Crippen LogP contribution in [-0.2, 0) is 9.59 Å². The van der Waals surface area contributed by atoms with Crippen LogP contribution in [0, 0.1) is 11.8 Å². The van der Waals surface area contributed by atoms with Crippen LogP contribution in [0.5, 0.6) is 0 Å². The van der Waals surface area contributed by atoms with Gasteiger partial charge in [0, 0.05) is 24.4 Å². The van der Waals surface area contributed by atoms with Crippen LogP contribution in [0.1, 0.15) is 59.3 Å². The number of nitrogens with one attached hydrogen (secondary N) is 2. The van der Waals surface area contributed by atoms with E-state index in [-0.39, 0.29) is 23.3 Å². The number of hydrogen-bond acceptors (Lipinski definition) is 3. The summed E-state index contributed by atoms with van der Waals surface area (Å²) < 4.78 is 0. The van der Waals surface area contributed by atoms with Gasteiger partial charge < -0.3 is 16.4 Å². The maximum Gasteiger partial charge on any atom is 0.223 e. The molecule has 0 saturated heterocycles. The molecular weight excluding hydrogens is 266 g/mol. The number of nitrogens with two attached hydrogens (primary N) is 1. The van der Waals surface area contributed by atoms with Gasteiger partial charge in [-0.05, 0) is 52.5 Å². The number of carbonyl (C=O) groups is 2. The lowest BCUT2D eigenvalue weighted by Gasteiger charge is -2.28. The van der Waals surface area contributed by atoms with Crippen LogP contribution in [0.3, 0.4) is 0 Å². The molecule has 1 rings (SSSR count). The first-order valence-corrected chi connectivity index (χ1v) is 8.10. The fourth-order valence-electron chi connectivity index (χ4n) is 2.95. The fraction of sp³-hybridized carbons (Fsp3) is 0.875. The average molecular weight is 297 g/mol. The molecule has 1 aliphatic carbocycles. The predicted octanol–water partition coefficient (Wildman–Crippen LogP) is 1.56. The van der Waals surface area contributed by atoms with Gasteiger partial charge in [0.1, 0.15) is 0 Å². The van der Waals surface area contributed by atoms with Gasteiger partial charge in [-0.15, -0.1) is 0 Å². The fourth-order valence-corrected chi connectivity index (χ4v) is 2.95. The molecule has 2 unspecified atom stereocenters. The molecule has 1 fully saturated rings. The molecule has 4 N–H and O–H groups in total. The van der Waals surface area contributed by atoms with E-state index in [0.717, 1.165) is 25.7 Å². The molecule has 0 bridgehead atoms. The monoisotopic (exact) mass is 297 g/mol. The maximum absolute atomic E-state index is 12.1. The van der Waals surface area contributed by atoms with E-state index in [1.807, 2.05) is 20.8 Å². The largest absolute Gasteiger partial charge is 0.355 e. The van der Waals surface area contributed by atoms with Gasteiger partial charge in [0.15, 0.2) is 0 Å². The van der Waals surface area contributed by atoms with Gasteiger partial charge in [-0.25, -0.2) is 0 Å². The van der Waals surface area contributed by atoms with Crippen molar-refractivity contribution < 1.29 is 9.59 Å². The minimum absolute atomic E-state index is 0.0209. The summed E-state index contributed by atoms with van der Waals surface area (Å²) in [5.74, 6) is 0.761.